The van der Waals surface area contributed by atoms with Gasteiger partial charge in [0, 0.05) is 13.1 Å². The Kier molecular flexibility index (Phi) is 4.35. The predicted octanol–water partition coefficient (Wildman–Crippen LogP) is 4.12. The summed E-state index contributed by atoms with van der Waals surface area (Å²) in [6, 6.07) is 21.7. The van der Waals surface area contributed by atoms with Gasteiger partial charge in [0.25, 0.3) is 5.91 Å². The van der Waals surface area contributed by atoms with Crippen LogP contribution in [-0.2, 0) is 13.1 Å². The second-order valence-electron chi connectivity index (χ2n) is 5.14. The molecule has 0 atom stereocenters. The lowest BCUT2D eigenvalue weighted by molar-refractivity contribution is 0.0729. The van der Waals surface area contributed by atoms with Crippen LogP contribution < -0.4 is 0 Å². The van der Waals surface area contributed by atoms with Gasteiger partial charge in [0.15, 0.2) is 0 Å². The highest BCUT2D eigenvalue weighted by molar-refractivity contribution is 5.93. The Bertz CT molecular complexity index is 664. The number of carbonyl (C=O) groups is 1. The normalized spacial score (nSPS) is 10.4. The standard InChI is InChI=1S/C19H17NO2/c21-19(18-11-12-22-15-18)20(13-16-7-3-1-4-8-16)14-17-9-5-2-6-10-17/h1-12,15H,13-14H2. The number of amides is 1. The molecule has 0 aliphatic heterocycles. The lowest BCUT2D eigenvalue weighted by atomic mass is 10.1. The summed E-state index contributed by atoms with van der Waals surface area (Å²) in [5, 5.41) is 0. The molecule has 0 fully saturated rings. The van der Waals surface area contributed by atoms with E-state index in [4.69, 9.17) is 4.42 Å². The largest absolute Gasteiger partial charge is 0.472 e. The van der Waals surface area contributed by atoms with Crippen LogP contribution in [0, 0.1) is 0 Å². The molecule has 1 aromatic heterocycles. The van der Waals surface area contributed by atoms with E-state index in [2.05, 4.69) is 0 Å². The zero-order valence-corrected chi connectivity index (χ0v) is 12.2. The molecule has 0 radical (unpaired) electrons. The van der Waals surface area contributed by atoms with Crippen molar-refractivity contribution in [3.8, 4) is 0 Å². The lowest BCUT2D eigenvalue weighted by Crippen LogP contribution is -2.29. The quantitative estimate of drug-likeness (QED) is 0.708. The van der Waals surface area contributed by atoms with Crippen LogP contribution in [0.2, 0.25) is 0 Å². The van der Waals surface area contributed by atoms with Crippen LogP contribution in [0.4, 0.5) is 0 Å². The van der Waals surface area contributed by atoms with E-state index in [0.29, 0.717) is 18.7 Å². The molecule has 0 saturated heterocycles. The maximum absolute atomic E-state index is 12.7. The van der Waals surface area contributed by atoms with Crippen molar-refractivity contribution in [3.05, 3.63) is 95.9 Å². The number of nitrogens with zero attached hydrogens (tertiary/aromatic N) is 1. The van der Waals surface area contributed by atoms with E-state index in [1.54, 1.807) is 6.07 Å². The summed E-state index contributed by atoms with van der Waals surface area (Å²) in [5.74, 6) is -0.0264. The van der Waals surface area contributed by atoms with E-state index in [-0.39, 0.29) is 5.91 Å². The Hall–Kier alpha value is -2.81. The highest BCUT2D eigenvalue weighted by atomic mass is 16.3. The maximum Gasteiger partial charge on any atom is 0.257 e. The van der Waals surface area contributed by atoms with E-state index in [0.717, 1.165) is 11.1 Å². The second-order valence-corrected chi connectivity index (χ2v) is 5.14. The molecule has 3 aromatic rings. The van der Waals surface area contributed by atoms with Gasteiger partial charge < -0.3 is 9.32 Å². The minimum Gasteiger partial charge on any atom is -0.472 e. The number of hydrogen-bond acceptors (Lipinski definition) is 2. The average Bonchev–Trinajstić information content (AvgIpc) is 3.10. The van der Waals surface area contributed by atoms with Crippen LogP contribution in [0.1, 0.15) is 21.5 Å². The van der Waals surface area contributed by atoms with Crippen molar-refractivity contribution in [1.82, 2.24) is 4.90 Å². The van der Waals surface area contributed by atoms with Crippen LogP contribution in [0.3, 0.4) is 0 Å². The first-order valence-electron chi connectivity index (χ1n) is 7.22. The lowest BCUT2D eigenvalue weighted by Gasteiger charge is -2.22. The van der Waals surface area contributed by atoms with Gasteiger partial charge in [0.2, 0.25) is 0 Å². The van der Waals surface area contributed by atoms with Gasteiger partial charge in [-0.25, -0.2) is 0 Å². The summed E-state index contributed by atoms with van der Waals surface area (Å²) < 4.78 is 5.04. The fourth-order valence-corrected chi connectivity index (χ4v) is 2.38. The Morgan fingerprint density at radius 1 is 0.818 bits per heavy atom. The van der Waals surface area contributed by atoms with Gasteiger partial charge in [0.1, 0.15) is 6.26 Å². The third kappa shape index (κ3) is 3.44. The number of carbonyl (C=O) groups excluding carboxylic acids is 1. The molecule has 1 amide bonds. The second kappa shape index (κ2) is 6.76. The molecular weight excluding hydrogens is 274 g/mol. The molecule has 0 aliphatic rings. The van der Waals surface area contributed by atoms with Crippen molar-refractivity contribution in [2.45, 2.75) is 13.1 Å². The first-order chi connectivity index (χ1) is 10.8. The van der Waals surface area contributed by atoms with Crippen LogP contribution >= 0.6 is 0 Å². The number of benzene rings is 2. The summed E-state index contributed by atoms with van der Waals surface area (Å²) in [4.78, 5) is 14.5. The fourth-order valence-electron chi connectivity index (χ4n) is 2.38. The van der Waals surface area contributed by atoms with E-state index in [1.807, 2.05) is 65.6 Å². The minimum atomic E-state index is -0.0264. The van der Waals surface area contributed by atoms with Crippen molar-refractivity contribution < 1.29 is 9.21 Å². The molecule has 3 nitrogen and oxygen atoms in total. The molecule has 1 heterocycles. The Labute approximate surface area is 129 Å². The zero-order valence-electron chi connectivity index (χ0n) is 12.2. The molecule has 22 heavy (non-hydrogen) atoms. The van der Waals surface area contributed by atoms with Crippen LogP contribution in [-0.4, -0.2) is 10.8 Å². The summed E-state index contributed by atoms with van der Waals surface area (Å²) in [5.41, 5.74) is 2.79. The summed E-state index contributed by atoms with van der Waals surface area (Å²) >= 11 is 0. The molecule has 0 spiro atoms. The van der Waals surface area contributed by atoms with Crippen molar-refractivity contribution in [2.24, 2.45) is 0 Å². The summed E-state index contributed by atoms with van der Waals surface area (Å²) in [7, 11) is 0. The summed E-state index contributed by atoms with van der Waals surface area (Å²) in [6.45, 7) is 1.14. The fraction of sp³-hybridized carbons (Fsp3) is 0.105. The van der Waals surface area contributed by atoms with E-state index < -0.39 is 0 Å². The smallest absolute Gasteiger partial charge is 0.257 e. The number of hydrogen-bond donors (Lipinski definition) is 0. The molecule has 3 heteroatoms. The average molecular weight is 291 g/mol. The minimum absolute atomic E-state index is 0.0264. The maximum atomic E-state index is 12.7. The van der Waals surface area contributed by atoms with E-state index in [9.17, 15) is 4.79 Å². The molecule has 110 valence electrons. The van der Waals surface area contributed by atoms with Gasteiger partial charge in [-0.1, -0.05) is 60.7 Å². The van der Waals surface area contributed by atoms with Crippen LogP contribution in [0.5, 0.6) is 0 Å². The predicted molar refractivity (Wildman–Crippen MR) is 85.2 cm³/mol. The van der Waals surface area contributed by atoms with Gasteiger partial charge in [0.05, 0.1) is 11.8 Å². The van der Waals surface area contributed by atoms with Gasteiger partial charge in [-0.3, -0.25) is 4.79 Å². The van der Waals surface area contributed by atoms with Gasteiger partial charge in [-0.15, -0.1) is 0 Å². The highest BCUT2D eigenvalue weighted by Gasteiger charge is 2.17. The first kappa shape index (κ1) is 14.1. The number of furan rings is 1. The van der Waals surface area contributed by atoms with Crippen molar-refractivity contribution >= 4 is 5.91 Å². The van der Waals surface area contributed by atoms with Crippen molar-refractivity contribution in [1.29, 1.82) is 0 Å². The monoisotopic (exact) mass is 291 g/mol. The highest BCUT2D eigenvalue weighted by Crippen LogP contribution is 2.14. The summed E-state index contributed by atoms with van der Waals surface area (Å²) in [6.07, 6.45) is 3.02. The van der Waals surface area contributed by atoms with Crippen LogP contribution in [0.15, 0.2) is 83.7 Å². The third-order valence-corrected chi connectivity index (χ3v) is 3.49. The SMILES string of the molecule is O=C(c1ccoc1)N(Cc1ccccc1)Cc1ccccc1. The van der Waals surface area contributed by atoms with Gasteiger partial charge >= 0.3 is 0 Å². The van der Waals surface area contributed by atoms with Gasteiger partial charge in [-0.2, -0.15) is 0 Å². The van der Waals surface area contributed by atoms with Crippen molar-refractivity contribution in [3.63, 3.8) is 0 Å². The first-order valence-corrected chi connectivity index (χ1v) is 7.22. The Morgan fingerprint density at radius 2 is 1.36 bits per heavy atom. The van der Waals surface area contributed by atoms with Crippen LogP contribution in [0.25, 0.3) is 0 Å². The molecule has 0 aliphatic carbocycles. The van der Waals surface area contributed by atoms with E-state index >= 15 is 0 Å². The Morgan fingerprint density at radius 3 is 1.82 bits per heavy atom. The Balaban J connectivity index is 1.83. The van der Waals surface area contributed by atoms with E-state index in [1.165, 1.54) is 12.5 Å². The van der Waals surface area contributed by atoms with Crippen molar-refractivity contribution in [2.75, 3.05) is 0 Å². The molecular formula is C19H17NO2. The third-order valence-electron chi connectivity index (χ3n) is 3.49. The molecule has 2 aromatic carbocycles. The topological polar surface area (TPSA) is 33.5 Å². The zero-order chi connectivity index (χ0) is 15.2. The molecule has 0 unspecified atom stereocenters. The molecule has 0 bridgehead atoms. The molecule has 0 saturated carbocycles. The molecule has 3 rings (SSSR count). The molecule has 0 N–H and O–H groups in total. The van der Waals surface area contributed by atoms with Gasteiger partial charge in [-0.05, 0) is 17.2 Å². The number of rotatable bonds is 5.